The van der Waals surface area contributed by atoms with Crippen LogP contribution in [0.15, 0.2) is 22.9 Å². The topological polar surface area (TPSA) is 89.1 Å². The minimum atomic E-state index is -0.210. The van der Waals surface area contributed by atoms with Crippen molar-refractivity contribution in [3.05, 3.63) is 34.3 Å². The van der Waals surface area contributed by atoms with Gasteiger partial charge in [0.15, 0.2) is 0 Å². The molecular weight excluding hydrogens is 340 g/mol. The first-order valence-corrected chi connectivity index (χ1v) is 6.99. The number of halogens is 1. The number of nitrogens with zero attached hydrogens (tertiary/aromatic N) is 2. The van der Waals surface area contributed by atoms with Gasteiger partial charge in [-0.15, -0.1) is 0 Å². The molecule has 2 rings (SSSR count). The van der Waals surface area contributed by atoms with Gasteiger partial charge in [0.2, 0.25) is 0 Å². The van der Waals surface area contributed by atoms with Gasteiger partial charge in [-0.3, -0.25) is 9.89 Å². The van der Waals surface area contributed by atoms with E-state index in [1.165, 1.54) is 20.5 Å². The molecule has 112 valence electrons. The van der Waals surface area contributed by atoms with E-state index in [-0.39, 0.29) is 5.91 Å². The second-order valence-electron chi connectivity index (χ2n) is 4.13. The van der Waals surface area contributed by atoms with Crippen molar-refractivity contribution in [2.75, 3.05) is 20.8 Å². The fraction of sp³-hybridized carbons (Fsp3) is 0.308. The van der Waals surface area contributed by atoms with Crippen molar-refractivity contribution in [3.63, 3.8) is 0 Å². The lowest BCUT2D eigenvalue weighted by atomic mass is 10.2. The van der Waals surface area contributed by atoms with Gasteiger partial charge in [-0.25, -0.2) is 4.98 Å². The molecule has 8 heteroatoms. The average molecular weight is 355 g/mol. The zero-order valence-corrected chi connectivity index (χ0v) is 13.2. The molecule has 0 aliphatic rings. The third-order valence-corrected chi connectivity index (χ3v) is 3.60. The monoisotopic (exact) mass is 354 g/mol. The number of amides is 1. The molecule has 1 aromatic carbocycles. The Morgan fingerprint density at radius 2 is 2.00 bits per heavy atom. The summed E-state index contributed by atoms with van der Waals surface area (Å²) in [6, 6.07) is 3.30. The van der Waals surface area contributed by atoms with Crippen LogP contribution in [-0.4, -0.2) is 41.9 Å². The van der Waals surface area contributed by atoms with Crippen molar-refractivity contribution in [1.29, 1.82) is 0 Å². The Bertz CT molecular complexity index is 591. The Hall–Kier alpha value is -2.09. The van der Waals surface area contributed by atoms with Crippen molar-refractivity contribution in [2.24, 2.45) is 0 Å². The quantitative estimate of drug-likeness (QED) is 0.821. The van der Waals surface area contributed by atoms with Crippen LogP contribution in [-0.2, 0) is 6.42 Å². The molecule has 2 aromatic rings. The number of nitrogens with one attached hydrogen (secondary N) is 2. The summed E-state index contributed by atoms with van der Waals surface area (Å²) in [4.78, 5) is 16.1. The first kappa shape index (κ1) is 15.3. The number of aromatic nitrogens is 3. The van der Waals surface area contributed by atoms with E-state index in [1.807, 2.05) is 0 Å². The molecule has 0 atom stereocenters. The van der Waals surface area contributed by atoms with Crippen LogP contribution < -0.4 is 14.8 Å². The Kier molecular flexibility index (Phi) is 5.15. The number of carbonyl (C=O) groups is 1. The largest absolute Gasteiger partial charge is 0.495 e. The number of methoxy groups -OCH3 is 2. The summed E-state index contributed by atoms with van der Waals surface area (Å²) in [7, 11) is 3.07. The highest BCUT2D eigenvalue weighted by Crippen LogP contribution is 2.35. The minimum Gasteiger partial charge on any atom is -0.495 e. The normalized spacial score (nSPS) is 10.2. The van der Waals surface area contributed by atoms with Crippen molar-refractivity contribution < 1.29 is 14.3 Å². The van der Waals surface area contributed by atoms with Gasteiger partial charge >= 0.3 is 0 Å². The second-order valence-corrected chi connectivity index (χ2v) is 4.93. The van der Waals surface area contributed by atoms with E-state index in [0.29, 0.717) is 34.5 Å². The predicted molar refractivity (Wildman–Crippen MR) is 79.7 cm³/mol. The van der Waals surface area contributed by atoms with Crippen LogP contribution in [0.25, 0.3) is 0 Å². The molecule has 0 saturated heterocycles. The highest BCUT2D eigenvalue weighted by molar-refractivity contribution is 9.10. The maximum Gasteiger partial charge on any atom is 0.251 e. The lowest BCUT2D eigenvalue weighted by molar-refractivity contribution is 0.0953. The molecule has 7 nitrogen and oxygen atoms in total. The molecule has 0 saturated carbocycles. The summed E-state index contributed by atoms with van der Waals surface area (Å²) in [6.45, 7) is 0.453. The van der Waals surface area contributed by atoms with Gasteiger partial charge in [0.1, 0.15) is 28.1 Å². The van der Waals surface area contributed by atoms with Crippen LogP contribution in [0.1, 0.15) is 16.2 Å². The van der Waals surface area contributed by atoms with Crippen LogP contribution in [0.4, 0.5) is 0 Å². The number of aromatic amines is 1. The van der Waals surface area contributed by atoms with E-state index in [9.17, 15) is 4.79 Å². The Morgan fingerprint density at radius 1 is 1.33 bits per heavy atom. The van der Waals surface area contributed by atoms with Gasteiger partial charge in [0, 0.05) is 18.5 Å². The van der Waals surface area contributed by atoms with Gasteiger partial charge in [-0.1, -0.05) is 0 Å². The van der Waals surface area contributed by atoms with Crippen molar-refractivity contribution in [2.45, 2.75) is 6.42 Å². The fourth-order valence-electron chi connectivity index (χ4n) is 1.75. The van der Waals surface area contributed by atoms with Gasteiger partial charge in [0.25, 0.3) is 5.91 Å². The van der Waals surface area contributed by atoms with Crippen molar-refractivity contribution in [1.82, 2.24) is 20.5 Å². The molecule has 21 heavy (non-hydrogen) atoms. The molecule has 0 aliphatic heterocycles. The second kappa shape index (κ2) is 7.07. The molecule has 0 fully saturated rings. The van der Waals surface area contributed by atoms with Crippen LogP contribution in [0.3, 0.4) is 0 Å². The zero-order valence-electron chi connectivity index (χ0n) is 11.6. The van der Waals surface area contributed by atoms with E-state index in [0.717, 1.165) is 5.82 Å². The van der Waals surface area contributed by atoms with Crippen LogP contribution >= 0.6 is 15.9 Å². The lowest BCUT2D eigenvalue weighted by Crippen LogP contribution is -2.26. The Labute approximate surface area is 130 Å². The lowest BCUT2D eigenvalue weighted by Gasteiger charge is -2.11. The summed E-state index contributed by atoms with van der Waals surface area (Å²) < 4.78 is 11.1. The van der Waals surface area contributed by atoms with Crippen LogP contribution in [0, 0.1) is 0 Å². The van der Waals surface area contributed by atoms with Gasteiger partial charge in [-0.2, -0.15) is 5.10 Å². The number of rotatable bonds is 6. The summed E-state index contributed by atoms with van der Waals surface area (Å²) in [5.41, 5.74) is 0.462. The molecule has 0 spiro atoms. The number of H-pyrrole nitrogens is 1. The molecule has 1 aromatic heterocycles. The van der Waals surface area contributed by atoms with E-state index in [4.69, 9.17) is 9.47 Å². The van der Waals surface area contributed by atoms with Gasteiger partial charge in [-0.05, 0) is 28.1 Å². The molecule has 0 radical (unpaired) electrons. The zero-order chi connectivity index (χ0) is 15.2. The van der Waals surface area contributed by atoms with Gasteiger partial charge in [0.05, 0.1) is 14.2 Å². The maximum atomic E-state index is 12.1. The van der Waals surface area contributed by atoms with E-state index >= 15 is 0 Å². The first-order chi connectivity index (χ1) is 10.2. The summed E-state index contributed by atoms with van der Waals surface area (Å²) in [5.74, 6) is 1.59. The highest BCUT2D eigenvalue weighted by Gasteiger charge is 2.14. The number of carbonyl (C=O) groups excluding carboxylic acids is 1. The van der Waals surface area contributed by atoms with Gasteiger partial charge < -0.3 is 14.8 Å². The molecule has 1 amide bonds. The molecule has 0 aliphatic carbocycles. The third kappa shape index (κ3) is 3.72. The first-order valence-electron chi connectivity index (χ1n) is 6.19. The van der Waals surface area contributed by atoms with Crippen LogP contribution in [0.5, 0.6) is 11.5 Å². The molecule has 2 N–H and O–H groups in total. The fourth-order valence-corrected chi connectivity index (χ4v) is 2.30. The molecule has 0 unspecified atom stereocenters. The number of ether oxygens (including phenoxy) is 2. The van der Waals surface area contributed by atoms with Crippen LogP contribution in [0.2, 0.25) is 0 Å². The standard InChI is InChI=1S/C13H15BrN4O3/c1-20-9-5-8(6-10(21-2)12(9)14)13(19)15-4-3-11-16-7-17-18-11/h5-7H,3-4H2,1-2H3,(H,15,19)(H,16,17,18). The van der Waals surface area contributed by atoms with E-state index in [2.05, 4.69) is 36.4 Å². The summed E-state index contributed by atoms with van der Waals surface area (Å²) in [6.07, 6.45) is 2.01. The van der Waals surface area contributed by atoms with E-state index < -0.39 is 0 Å². The third-order valence-electron chi connectivity index (χ3n) is 2.82. The van der Waals surface area contributed by atoms with Crippen molar-refractivity contribution in [3.8, 4) is 11.5 Å². The smallest absolute Gasteiger partial charge is 0.251 e. The summed E-state index contributed by atoms with van der Waals surface area (Å²) in [5, 5.41) is 9.29. The predicted octanol–water partition coefficient (Wildman–Crippen LogP) is 1.56. The Morgan fingerprint density at radius 3 is 2.52 bits per heavy atom. The van der Waals surface area contributed by atoms with Crippen molar-refractivity contribution >= 4 is 21.8 Å². The molecule has 0 bridgehead atoms. The molecular formula is C13H15BrN4O3. The maximum absolute atomic E-state index is 12.1. The van der Waals surface area contributed by atoms with E-state index in [1.54, 1.807) is 12.1 Å². The number of hydrogen-bond donors (Lipinski definition) is 2. The SMILES string of the molecule is COc1cc(C(=O)NCCc2ncn[nH]2)cc(OC)c1Br. The molecule has 1 heterocycles. The number of hydrogen-bond acceptors (Lipinski definition) is 5. The highest BCUT2D eigenvalue weighted by atomic mass is 79.9. The minimum absolute atomic E-state index is 0.210. The number of benzene rings is 1. The average Bonchev–Trinajstić information content (AvgIpc) is 3.00. The summed E-state index contributed by atoms with van der Waals surface area (Å²) >= 11 is 3.36. The Balaban J connectivity index is 2.04.